The lowest BCUT2D eigenvalue weighted by molar-refractivity contribution is 0.0993. The van der Waals surface area contributed by atoms with Gasteiger partial charge in [-0.3, -0.25) is 4.79 Å². The number of nitrogens with one attached hydrogen (secondary N) is 2. The molecule has 1 aromatic heterocycles. The van der Waals surface area contributed by atoms with Crippen molar-refractivity contribution in [1.82, 2.24) is 10.3 Å². The highest BCUT2D eigenvalue weighted by atomic mass is 32.2. The van der Waals surface area contributed by atoms with Gasteiger partial charge < -0.3 is 16.0 Å². The first-order valence-corrected chi connectivity index (χ1v) is 12.7. The van der Waals surface area contributed by atoms with E-state index in [0.717, 1.165) is 39.3 Å². The number of H-pyrrole nitrogens is 1. The highest BCUT2D eigenvalue weighted by Gasteiger charge is 2.17. The number of carbonyl (C=O) groups excluding carboxylic acids is 1. The van der Waals surface area contributed by atoms with Gasteiger partial charge >= 0.3 is 0 Å². The topological polar surface area (TPSA) is 70.9 Å². The summed E-state index contributed by atoms with van der Waals surface area (Å²) in [7, 11) is 0. The summed E-state index contributed by atoms with van der Waals surface area (Å²) < 4.78 is 0. The van der Waals surface area contributed by atoms with E-state index in [1.807, 2.05) is 48.5 Å². The summed E-state index contributed by atoms with van der Waals surface area (Å²) in [5.74, 6) is -0.452. The zero-order valence-corrected chi connectivity index (χ0v) is 20.6. The molecule has 0 saturated carbocycles. The number of amides is 1. The summed E-state index contributed by atoms with van der Waals surface area (Å²) in [5.41, 5.74) is 11.8. The van der Waals surface area contributed by atoms with E-state index >= 15 is 0 Å². The molecule has 1 heterocycles. The molecule has 0 spiro atoms. The normalized spacial score (nSPS) is 11.3. The van der Waals surface area contributed by atoms with Gasteiger partial charge in [0.25, 0.3) is 5.91 Å². The van der Waals surface area contributed by atoms with Crippen molar-refractivity contribution < 1.29 is 4.79 Å². The highest BCUT2D eigenvalue weighted by molar-refractivity contribution is 7.99. The second kappa shape index (κ2) is 11.1. The van der Waals surface area contributed by atoms with Gasteiger partial charge in [0.15, 0.2) is 0 Å². The molecule has 0 fully saturated rings. The van der Waals surface area contributed by atoms with Gasteiger partial charge in [-0.15, -0.1) is 0 Å². The van der Waals surface area contributed by atoms with Crippen LogP contribution in [-0.2, 0) is 13.1 Å². The van der Waals surface area contributed by atoms with E-state index in [2.05, 4.69) is 77.1 Å². The maximum absolute atomic E-state index is 12.1. The van der Waals surface area contributed by atoms with Crippen molar-refractivity contribution in [1.29, 1.82) is 0 Å². The number of nitrogens with two attached hydrogens (primary N) is 1. The first-order valence-electron chi connectivity index (χ1n) is 11.9. The fourth-order valence-electron chi connectivity index (χ4n) is 4.07. The zero-order valence-electron chi connectivity index (χ0n) is 19.8. The summed E-state index contributed by atoms with van der Waals surface area (Å²) in [4.78, 5) is 17.3. The largest absolute Gasteiger partial charge is 0.364 e. The number of hydrogen-bond acceptors (Lipinski definition) is 3. The molecule has 0 saturated heterocycles. The van der Waals surface area contributed by atoms with Crippen LogP contribution in [0.5, 0.6) is 0 Å². The van der Waals surface area contributed by atoms with Gasteiger partial charge in [0.1, 0.15) is 5.69 Å². The molecule has 1 amide bonds. The Hall–Kier alpha value is -4.06. The molecule has 178 valence electrons. The fourth-order valence-corrected chi connectivity index (χ4v) is 5.14. The third-order valence-electron chi connectivity index (χ3n) is 5.93. The Bertz CT molecular complexity index is 1490. The predicted octanol–water partition coefficient (Wildman–Crippen LogP) is 6.88. The van der Waals surface area contributed by atoms with Crippen molar-refractivity contribution in [3.05, 3.63) is 131 Å². The molecule has 4 nitrogen and oxygen atoms in total. The molecular formula is C31H27N3OS. The Morgan fingerprint density at radius 3 is 2.08 bits per heavy atom. The van der Waals surface area contributed by atoms with Crippen LogP contribution in [0.25, 0.3) is 23.1 Å². The molecule has 4 N–H and O–H groups in total. The van der Waals surface area contributed by atoms with Crippen LogP contribution in [0.15, 0.2) is 113 Å². The van der Waals surface area contributed by atoms with Crippen molar-refractivity contribution in [3.63, 3.8) is 0 Å². The fraction of sp³-hybridized carbons (Fsp3) is 0.0645. The van der Waals surface area contributed by atoms with Crippen LogP contribution in [0.2, 0.25) is 0 Å². The maximum atomic E-state index is 12.1. The number of fused-ring (bicyclic) bond motifs is 1. The number of aromatic amines is 1. The van der Waals surface area contributed by atoms with E-state index in [0.29, 0.717) is 5.69 Å². The van der Waals surface area contributed by atoms with E-state index in [-0.39, 0.29) is 0 Å². The van der Waals surface area contributed by atoms with Crippen molar-refractivity contribution in [2.75, 3.05) is 0 Å². The Kier molecular flexibility index (Phi) is 7.31. The van der Waals surface area contributed by atoms with E-state index in [9.17, 15) is 4.79 Å². The average Bonchev–Trinajstić information content (AvgIpc) is 3.27. The predicted molar refractivity (Wildman–Crippen MR) is 150 cm³/mol. The summed E-state index contributed by atoms with van der Waals surface area (Å²) in [5, 5.41) is 4.52. The minimum Gasteiger partial charge on any atom is -0.364 e. The number of primary amides is 1. The van der Waals surface area contributed by atoms with Gasteiger partial charge in [-0.2, -0.15) is 0 Å². The van der Waals surface area contributed by atoms with Gasteiger partial charge in [0.05, 0.1) is 4.90 Å². The molecule has 5 rings (SSSR count). The van der Waals surface area contributed by atoms with E-state index in [1.165, 1.54) is 16.7 Å². The molecule has 36 heavy (non-hydrogen) atoms. The number of hydrogen-bond donors (Lipinski definition) is 3. The summed E-state index contributed by atoms with van der Waals surface area (Å²) >= 11 is 1.55. The van der Waals surface area contributed by atoms with Crippen LogP contribution < -0.4 is 11.1 Å². The molecule has 0 unspecified atom stereocenters. The first-order chi connectivity index (χ1) is 17.7. The van der Waals surface area contributed by atoms with Crippen molar-refractivity contribution >= 4 is 40.7 Å². The number of benzene rings is 4. The third-order valence-corrected chi connectivity index (χ3v) is 7.07. The second-order valence-electron chi connectivity index (χ2n) is 8.58. The quantitative estimate of drug-likeness (QED) is 0.198. The standard InChI is InChI=1S/C31H27N3OS/c32-31(35)29-30(36-26-9-5-2-6-10-26)27-18-17-25(19-28(27)34-29)21-33-20-24-15-13-23(14-16-24)12-11-22-7-3-1-4-8-22/h1-19,33-34H,20-21H2,(H2,32,35). The SMILES string of the molecule is NC(=O)c1[nH]c2cc(CNCc3ccc(C=Cc4ccccc4)cc3)ccc2c1Sc1ccccc1. The second-order valence-corrected chi connectivity index (χ2v) is 9.66. The summed E-state index contributed by atoms with van der Waals surface area (Å²) in [6.07, 6.45) is 4.25. The molecule has 0 aliphatic carbocycles. The van der Waals surface area contributed by atoms with Crippen molar-refractivity contribution in [3.8, 4) is 0 Å². The van der Waals surface area contributed by atoms with Crippen LogP contribution in [0, 0.1) is 0 Å². The minimum absolute atomic E-state index is 0.449. The molecule has 4 aromatic carbocycles. The van der Waals surface area contributed by atoms with Crippen LogP contribution in [-0.4, -0.2) is 10.9 Å². The Labute approximate surface area is 215 Å². The van der Waals surface area contributed by atoms with Gasteiger partial charge in [0.2, 0.25) is 0 Å². The lowest BCUT2D eigenvalue weighted by Gasteiger charge is -2.07. The highest BCUT2D eigenvalue weighted by Crippen LogP contribution is 2.36. The van der Waals surface area contributed by atoms with E-state index < -0.39 is 5.91 Å². The lowest BCUT2D eigenvalue weighted by atomic mass is 10.1. The summed E-state index contributed by atoms with van der Waals surface area (Å²) in [6, 6.07) is 35.1. The van der Waals surface area contributed by atoms with E-state index in [1.54, 1.807) is 11.8 Å². The van der Waals surface area contributed by atoms with Crippen LogP contribution >= 0.6 is 11.8 Å². The first kappa shape index (κ1) is 23.7. The van der Waals surface area contributed by atoms with Crippen LogP contribution in [0.4, 0.5) is 0 Å². The van der Waals surface area contributed by atoms with Gasteiger partial charge in [-0.05, 0) is 40.5 Å². The van der Waals surface area contributed by atoms with Gasteiger partial charge in [-0.25, -0.2) is 0 Å². The average molecular weight is 490 g/mol. The van der Waals surface area contributed by atoms with Crippen LogP contribution in [0.1, 0.15) is 32.7 Å². The van der Waals surface area contributed by atoms with Gasteiger partial charge in [-0.1, -0.05) is 109 Å². The zero-order chi connectivity index (χ0) is 24.7. The lowest BCUT2D eigenvalue weighted by Crippen LogP contribution is -2.12. The number of aromatic nitrogens is 1. The van der Waals surface area contributed by atoms with Gasteiger partial charge in [0, 0.05) is 28.9 Å². The molecule has 0 radical (unpaired) electrons. The molecule has 0 bridgehead atoms. The molecular weight excluding hydrogens is 462 g/mol. The molecule has 0 aliphatic heterocycles. The van der Waals surface area contributed by atoms with Crippen LogP contribution in [0.3, 0.4) is 0 Å². The monoisotopic (exact) mass is 489 g/mol. The van der Waals surface area contributed by atoms with Crippen molar-refractivity contribution in [2.24, 2.45) is 5.73 Å². The summed E-state index contributed by atoms with van der Waals surface area (Å²) in [6.45, 7) is 1.49. The maximum Gasteiger partial charge on any atom is 0.266 e. The molecule has 0 aliphatic rings. The minimum atomic E-state index is -0.452. The number of carbonyl (C=O) groups is 1. The molecule has 5 aromatic rings. The Balaban J connectivity index is 1.23. The third kappa shape index (κ3) is 5.77. The Morgan fingerprint density at radius 1 is 0.778 bits per heavy atom. The number of rotatable bonds is 9. The smallest absolute Gasteiger partial charge is 0.266 e. The van der Waals surface area contributed by atoms with E-state index in [4.69, 9.17) is 5.73 Å². The van der Waals surface area contributed by atoms with Crippen molar-refractivity contribution in [2.45, 2.75) is 22.9 Å². The molecule has 0 atom stereocenters. The molecule has 5 heteroatoms. The Morgan fingerprint density at radius 2 is 1.39 bits per heavy atom.